The van der Waals surface area contributed by atoms with Crippen molar-refractivity contribution in [3.63, 3.8) is 0 Å². The van der Waals surface area contributed by atoms with Gasteiger partial charge in [-0.3, -0.25) is 9.59 Å². The standard InChI is InChI=1S/C13H12N2O4S/c1-2-5-15(8-12(16)17)13(18)9-7-10(19-14-9)11-4-3-6-20-11/h2-4,6-7H,1,5,8H2,(H,16,17). The first-order valence-corrected chi connectivity index (χ1v) is 6.62. The Morgan fingerprint density at radius 3 is 2.95 bits per heavy atom. The van der Waals surface area contributed by atoms with Crippen LogP contribution in [0.3, 0.4) is 0 Å². The molecule has 0 radical (unpaired) electrons. The molecule has 20 heavy (non-hydrogen) atoms. The summed E-state index contributed by atoms with van der Waals surface area (Å²) in [4.78, 5) is 24.9. The zero-order chi connectivity index (χ0) is 14.5. The molecule has 1 amide bonds. The van der Waals surface area contributed by atoms with Crippen LogP contribution in [0.15, 0.2) is 40.8 Å². The number of hydrogen-bond acceptors (Lipinski definition) is 5. The molecule has 7 heteroatoms. The highest BCUT2D eigenvalue weighted by Gasteiger charge is 2.21. The van der Waals surface area contributed by atoms with E-state index in [1.807, 2.05) is 17.5 Å². The first-order valence-electron chi connectivity index (χ1n) is 5.74. The van der Waals surface area contributed by atoms with E-state index < -0.39 is 18.4 Å². The van der Waals surface area contributed by atoms with Gasteiger partial charge in [-0.25, -0.2) is 0 Å². The lowest BCUT2D eigenvalue weighted by Crippen LogP contribution is -2.35. The van der Waals surface area contributed by atoms with Gasteiger partial charge in [0.05, 0.1) is 4.88 Å². The van der Waals surface area contributed by atoms with Crippen LogP contribution in [0.25, 0.3) is 10.6 Å². The highest BCUT2D eigenvalue weighted by atomic mass is 32.1. The molecule has 2 aromatic rings. The lowest BCUT2D eigenvalue weighted by molar-refractivity contribution is -0.137. The van der Waals surface area contributed by atoms with Crippen molar-refractivity contribution < 1.29 is 19.2 Å². The largest absolute Gasteiger partial charge is 0.480 e. The van der Waals surface area contributed by atoms with E-state index in [4.69, 9.17) is 9.63 Å². The monoisotopic (exact) mass is 292 g/mol. The molecule has 104 valence electrons. The lowest BCUT2D eigenvalue weighted by atomic mass is 10.3. The molecule has 0 spiro atoms. The van der Waals surface area contributed by atoms with Crippen molar-refractivity contribution in [2.24, 2.45) is 0 Å². The van der Waals surface area contributed by atoms with E-state index in [2.05, 4.69) is 11.7 Å². The average molecular weight is 292 g/mol. The molecule has 0 atom stereocenters. The third-order valence-electron chi connectivity index (χ3n) is 2.46. The quantitative estimate of drug-likeness (QED) is 0.824. The molecular weight excluding hydrogens is 280 g/mol. The molecule has 0 aliphatic heterocycles. The van der Waals surface area contributed by atoms with Crippen molar-refractivity contribution in [2.75, 3.05) is 13.1 Å². The Hall–Kier alpha value is -2.41. The Labute approximate surface area is 118 Å². The summed E-state index contributed by atoms with van der Waals surface area (Å²) < 4.78 is 5.10. The number of aliphatic carboxylic acids is 1. The van der Waals surface area contributed by atoms with E-state index in [1.54, 1.807) is 0 Å². The molecule has 0 bridgehead atoms. The van der Waals surface area contributed by atoms with Crippen LogP contribution in [0.2, 0.25) is 0 Å². The van der Waals surface area contributed by atoms with E-state index in [9.17, 15) is 9.59 Å². The van der Waals surface area contributed by atoms with Gasteiger partial charge in [0, 0.05) is 12.6 Å². The Bertz CT molecular complexity index is 618. The summed E-state index contributed by atoms with van der Waals surface area (Å²) in [5, 5.41) is 14.4. The maximum Gasteiger partial charge on any atom is 0.323 e. The van der Waals surface area contributed by atoms with E-state index in [-0.39, 0.29) is 12.2 Å². The maximum atomic E-state index is 12.1. The van der Waals surface area contributed by atoms with Crippen LogP contribution >= 0.6 is 11.3 Å². The predicted octanol–water partition coefficient (Wildman–Crippen LogP) is 2.12. The fourth-order valence-electron chi connectivity index (χ4n) is 1.61. The highest BCUT2D eigenvalue weighted by molar-refractivity contribution is 7.13. The molecule has 0 fully saturated rings. The second kappa shape index (κ2) is 6.16. The normalized spacial score (nSPS) is 10.2. The van der Waals surface area contributed by atoms with Crippen molar-refractivity contribution >= 4 is 23.2 Å². The third-order valence-corrected chi connectivity index (χ3v) is 3.34. The number of aromatic nitrogens is 1. The van der Waals surface area contributed by atoms with E-state index >= 15 is 0 Å². The fourth-order valence-corrected chi connectivity index (χ4v) is 2.28. The van der Waals surface area contributed by atoms with Gasteiger partial charge in [-0.05, 0) is 11.4 Å². The van der Waals surface area contributed by atoms with Gasteiger partial charge in [-0.1, -0.05) is 17.3 Å². The summed E-state index contributed by atoms with van der Waals surface area (Å²) in [5.74, 6) is -1.11. The Morgan fingerprint density at radius 1 is 1.55 bits per heavy atom. The van der Waals surface area contributed by atoms with Crippen LogP contribution < -0.4 is 0 Å². The van der Waals surface area contributed by atoms with Crippen molar-refractivity contribution in [1.82, 2.24) is 10.1 Å². The van der Waals surface area contributed by atoms with E-state index in [0.29, 0.717) is 5.76 Å². The van der Waals surface area contributed by atoms with Crippen LogP contribution in [0, 0.1) is 0 Å². The Kier molecular flexibility index (Phi) is 4.31. The number of amides is 1. The van der Waals surface area contributed by atoms with Crippen LogP contribution in [0.4, 0.5) is 0 Å². The van der Waals surface area contributed by atoms with Crippen LogP contribution in [-0.4, -0.2) is 40.1 Å². The SMILES string of the molecule is C=CCN(CC(=O)O)C(=O)c1cc(-c2cccs2)on1. The van der Waals surface area contributed by atoms with Gasteiger partial charge in [0.15, 0.2) is 11.5 Å². The third kappa shape index (κ3) is 3.12. The van der Waals surface area contributed by atoms with Gasteiger partial charge in [0.1, 0.15) is 6.54 Å². The topological polar surface area (TPSA) is 83.6 Å². The van der Waals surface area contributed by atoms with Gasteiger partial charge in [0.25, 0.3) is 5.91 Å². The minimum atomic E-state index is -1.10. The first kappa shape index (κ1) is 14.0. The van der Waals surface area contributed by atoms with Crippen molar-refractivity contribution in [2.45, 2.75) is 0 Å². The summed E-state index contributed by atoms with van der Waals surface area (Å²) in [6.45, 7) is 3.22. The number of carbonyl (C=O) groups is 2. The first-order chi connectivity index (χ1) is 9.61. The molecule has 2 rings (SSSR count). The summed E-state index contributed by atoms with van der Waals surface area (Å²) in [6.07, 6.45) is 1.46. The van der Waals surface area contributed by atoms with E-state index in [0.717, 1.165) is 9.78 Å². The number of carboxylic acids is 1. The summed E-state index contributed by atoms with van der Waals surface area (Å²) in [7, 11) is 0. The number of hydrogen-bond donors (Lipinski definition) is 1. The smallest absolute Gasteiger partial charge is 0.323 e. The van der Waals surface area contributed by atoms with Crippen molar-refractivity contribution in [3.8, 4) is 10.6 Å². The summed E-state index contributed by atoms with van der Waals surface area (Å²) in [5.41, 5.74) is 0.0801. The van der Waals surface area contributed by atoms with Crippen molar-refractivity contribution in [1.29, 1.82) is 0 Å². The van der Waals surface area contributed by atoms with Crippen LogP contribution in [0.1, 0.15) is 10.5 Å². The molecule has 6 nitrogen and oxygen atoms in total. The minimum Gasteiger partial charge on any atom is -0.480 e. The molecule has 0 unspecified atom stereocenters. The van der Waals surface area contributed by atoms with Gasteiger partial charge < -0.3 is 14.5 Å². The van der Waals surface area contributed by atoms with Crippen LogP contribution in [-0.2, 0) is 4.79 Å². The second-order valence-corrected chi connectivity index (χ2v) is 4.87. The van der Waals surface area contributed by atoms with Gasteiger partial charge in [-0.2, -0.15) is 0 Å². The van der Waals surface area contributed by atoms with Crippen LogP contribution in [0.5, 0.6) is 0 Å². The van der Waals surface area contributed by atoms with Gasteiger partial charge >= 0.3 is 5.97 Å². The van der Waals surface area contributed by atoms with Crippen molar-refractivity contribution in [3.05, 3.63) is 41.9 Å². The number of nitrogens with zero attached hydrogens (tertiary/aromatic N) is 2. The summed E-state index contributed by atoms with van der Waals surface area (Å²) >= 11 is 1.46. The predicted molar refractivity (Wildman–Crippen MR) is 73.6 cm³/mol. The Balaban J connectivity index is 2.19. The molecule has 0 aliphatic rings. The van der Waals surface area contributed by atoms with Gasteiger partial charge in [0.2, 0.25) is 0 Å². The minimum absolute atomic E-state index is 0.0801. The maximum absolute atomic E-state index is 12.1. The number of rotatable bonds is 6. The van der Waals surface area contributed by atoms with E-state index in [1.165, 1.54) is 23.5 Å². The summed E-state index contributed by atoms with van der Waals surface area (Å²) in [6, 6.07) is 5.21. The molecular formula is C13H12N2O4S. The zero-order valence-corrected chi connectivity index (χ0v) is 11.3. The molecule has 1 N–H and O–H groups in total. The molecule has 2 heterocycles. The Morgan fingerprint density at radius 2 is 2.35 bits per heavy atom. The molecule has 0 aromatic carbocycles. The number of thiophene rings is 1. The average Bonchev–Trinajstić information content (AvgIpc) is 3.07. The fraction of sp³-hybridized carbons (Fsp3) is 0.154. The van der Waals surface area contributed by atoms with Gasteiger partial charge in [-0.15, -0.1) is 17.9 Å². The lowest BCUT2D eigenvalue weighted by Gasteiger charge is -2.16. The number of carboxylic acid groups (broad SMARTS) is 1. The number of carbonyl (C=O) groups excluding carboxylic acids is 1. The highest BCUT2D eigenvalue weighted by Crippen LogP contribution is 2.25. The molecule has 2 aromatic heterocycles. The molecule has 0 saturated heterocycles. The molecule has 0 saturated carbocycles. The second-order valence-electron chi connectivity index (χ2n) is 3.92. The molecule has 0 aliphatic carbocycles. The zero-order valence-electron chi connectivity index (χ0n) is 10.5.